The summed E-state index contributed by atoms with van der Waals surface area (Å²) in [5, 5.41) is 13.3. The minimum atomic E-state index is 0.0305. The van der Waals surface area contributed by atoms with E-state index in [-0.39, 0.29) is 6.61 Å². The predicted molar refractivity (Wildman–Crippen MR) is 71.6 cm³/mol. The SMILES string of the molecule is Cc1ccc(Br)cc1-c1cc(N)n(CCO)n1. The van der Waals surface area contributed by atoms with E-state index >= 15 is 0 Å². The lowest BCUT2D eigenvalue weighted by atomic mass is 10.1. The number of aryl methyl sites for hydroxylation is 1. The topological polar surface area (TPSA) is 64.1 Å². The van der Waals surface area contributed by atoms with Gasteiger partial charge in [-0.25, -0.2) is 4.68 Å². The summed E-state index contributed by atoms with van der Waals surface area (Å²) in [4.78, 5) is 0. The van der Waals surface area contributed by atoms with Crippen LogP contribution in [0.2, 0.25) is 0 Å². The molecule has 1 aromatic heterocycles. The van der Waals surface area contributed by atoms with Gasteiger partial charge in [0.2, 0.25) is 0 Å². The fourth-order valence-corrected chi connectivity index (χ4v) is 2.07. The van der Waals surface area contributed by atoms with Gasteiger partial charge in [-0.3, -0.25) is 0 Å². The van der Waals surface area contributed by atoms with Crippen molar-refractivity contribution >= 4 is 21.7 Å². The van der Waals surface area contributed by atoms with E-state index in [2.05, 4.69) is 21.0 Å². The van der Waals surface area contributed by atoms with Gasteiger partial charge >= 0.3 is 0 Å². The van der Waals surface area contributed by atoms with Crippen molar-refractivity contribution < 1.29 is 5.11 Å². The number of nitrogens with zero attached hydrogens (tertiary/aromatic N) is 2. The Balaban J connectivity index is 2.45. The zero-order valence-electron chi connectivity index (χ0n) is 9.52. The molecular formula is C12H14BrN3O. The average molecular weight is 296 g/mol. The van der Waals surface area contributed by atoms with Gasteiger partial charge in [0.15, 0.2) is 0 Å². The number of aromatic nitrogens is 2. The maximum absolute atomic E-state index is 8.90. The fourth-order valence-electron chi connectivity index (χ4n) is 1.71. The summed E-state index contributed by atoms with van der Waals surface area (Å²) in [5.74, 6) is 0.563. The van der Waals surface area contributed by atoms with Gasteiger partial charge in [-0.1, -0.05) is 22.0 Å². The maximum atomic E-state index is 8.90. The van der Waals surface area contributed by atoms with Crippen molar-refractivity contribution in [3.05, 3.63) is 34.3 Å². The van der Waals surface area contributed by atoms with Crippen LogP contribution in [-0.4, -0.2) is 21.5 Å². The highest BCUT2D eigenvalue weighted by atomic mass is 79.9. The Labute approximate surface area is 108 Å². The first-order valence-corrected chi connectivity index (χ1v) is 6.12. The minimum absolute atomic E-state index is 0.0305. The first-order valence-electron chi connectivity index (χ1n) is 5.32. The standard InChI is InChI=1S/C12H14BrN3O/c1-8-2-3-9(13)6-10(8)11-7-12(14)16(15-11)4-5-17/h2-3,6-7,17H,4-5,14H2,1H3. The third kappa shape index (κ3) is 2.50. The lowest BCUT2D eigenvalue weighted by Crippen LogP contribution is -2.07. The molecule has 1 aromatic carbocycles. The molecule has 4 nitrogen and oxygen atoms in total. The van der Waals surface area contributed by atoms with Crippen molar-refractivity contribution in [3.63, 3.8) is 0 Å². The third-order valence-corrected chi connectivity index (χ3v) is 3.09. The van der Waals surface area contributed by atoms with Crippen molar-refractivity contribution in [1.29, 1.82) is 0 Å². The van der Waals surface area contributed by atoms with Gasteiger partial charge < -0.3 is 10.8 Å². The maximum Gasteiger partial charge on any atom is 0.122 e. The van der Waals surface area contributed by atoms with E-state index in [1.165, 1.54) is 0 Å². The fraction of sp³-hybridized carbons (Fsp3) is 0.250. The van der Waals surface area contributed by atoms with Crippen LogP contribution in [-0.2, 0) is 6.54 Å². The zero-order chi connectivity index (χ0) is 12.4. The molecular weight excluding hydrogens is 282 g/mol. The summed E-state index contributed by atoms with van der Waals surface area (Å²) < 4.78 is 2.61. The van der Waals surface area contributed by atoms with Crippen LogP contribution < -0.4 is 5.73 Å². The van der Waals surface area contributed by atoms with Crippen LogP contribution in [0.1, 0.15) is 5.56 Å². The number of nitrogen functional groups attached to an aromatic ring is 1. The van der Waals surface area contributed by atoms with Crippen molar-refractivity contribution in [2.45, 2.75) is 13.5 Å². The molecule has 0 fully saturated rings. The molecule has 90 valence electrons. The number of aliphatic hydroxyl groups excluding tert-OH is 1. The molecule has 0 saturated heterocycles. The van der Waals surface area contributed by atoms with Gasteiger partial charge in [0.05, 0.1) is 18.8 Å². The molecule has 0 spiro atoms. The smallest absolute Gasteiger partial charge is 0.122 e. The monoisotopic (exact) mass is 295 g/mol. The van der Waals surface area contributed by atoms with Gasteiger partial charge in [-0.2, -0.15) is 5.10 Å². The first kappa shape index (κ1) is 12.1. The lowest BCUT2D eigenvalue weighted by molar-refractivity contribution is 0.270. The molecule has 17 heavy (non-hydrogen) atoms. The second-order valence-electron chi connectivity index (χ2n) is 3.86. The predicted octanol–water partition coefficient (Wildman–Crippen LogP) is 2.20. The average Bonchev–Trinajstić information content (AvgIpc) is 2.64. The number of benzene rings is 1. The Bertz CT molecular complexity index is 537. The molecule has 3 N–H and O–H groups in total. The number of nitrogens with two attached hydrogens (primary N) is 1. The molecule has 5 heteroatoms. The number of rotatable bonds is 3. The molecule has 2 rings (SSSR count). The highest BCUT2D eigenvalue weighted by Crippen LogP contribution is 2.27. The quantitative estimate of drug-likeness (QED) is 0.912. The largest absolute Gasteiger partial charge is 0.394 e. The van der Waals surface area contributed by atoms with Crippen LogP contribution in [0, 0.1) is 6.92 Å². The van der Waals surface area contributed by atoms with Gasteiger partial charge in [-0.05, 0) is 24.6 Å². The Morgan fingerprint density at radius 1 is 1.41 bits per heavy atom. The molecule has 0 atom stereocenters. The summed E-state index contributed by atoms with van der Waals surface area (Å²) in [7, 11) is 0. The molecule has 0 radical (unpaired) electrons. The molecule has 0 amide bonds. The van der Waals surface area contributed by atoms with Crippen LogP contribution in [0.4, 0.5) is 5.82 Å². The zero-order valence-corrected chi connectivity index (χ0v) is 11.1. The molecule has 0 aliphatic carbocycles. The van der Waals surface area contributed by atoms with Gasteiger partial charge in [-0.15, -0.1) is 0 Å². The van der Waals surface area contributed by atoms with Crippen molar-refractivity contribution in [2.75, 3.05) is 12.3 Å². The number of halogens is 1. The number of aliphatic hydroxyl groups is 1. The Hall–Kier alpha value is -1.33. The summed E-state index contributed by atoms with van der Waals surface area (Å²) in [6, 6.07) is 7.86. The van der Waals surface area contributed by atoms with E-state index in [1.807, 2.05) is 31.2 Å². The molecule has 1 heterocycles. The van der Waals surface area contributed by atoms with Crippen molar-refractivity contribution in [1.82, 2.24) is 9.78 Å². The Morgan fingerprint density at radius 2 is 2.18 bits per heavy atom. The van der Waals surface area contributed by atoms with Crippen LogP contribution in [0.25, 0.3) is 11.3 Å². The second-order valence-corrected chi connectivity index (χ2v) is 4.78. The first-order chi connectivity index (χ1) is 8.11. The molecule has 0 saturated carbocycles. The molecule has 0 bridgehead atoms. The Kier molecular flexibility index (Phi) is 3.49. The summed E-state index contributed by atoms with van der Waals surface area (Å²) in [6.45, 7) is 2.48. The van der Waals surface area contributed by atoms with Crippen LogP contribution in [0.15, 0.2) is 28.7 Å². The highest BCUT2D eigenvalue weighted by Gasteiger charge is 2.09. The van der Waals surface area contributed by atoms with E-state index in [0.717, 1.165) is 21.3 Å². The normalized spacial score (nSPS) is 10.8. The summed E-state index contributed by atoms with van der Waals surface area (Å²) in [6.07, 6.45) is 0. The van der Waals surface area contributed by atoms with Gasteiger partial charge in [0, 0.05) is 16.1 Å². The molecule has 0 aliphatic heterocycles. The summed E-state index contributed by atoms with van der Waals surface area (Å²) >= 11 is 3.44. The van der Waals surface area contributed by atoms with E-state index in [1.54, 1.807) is 4.68 Å². The molecule has 0 unspecified atom stereocenters. The van der Waals surface area contributed by atoms with Gasteiger partial charge in [0.25, 0.3) is 0 Å². The Morgan fingerprint density at radius 3 is 2.88 bits per heavy atom. The van der Waals surface area contributed by atoms with E-state index in [9.17, 15) is 0 Å². The highest BCUT2D eigenvalue weighted by molar-refractivity contribution is 9.10. The minimum Gasteiger partial charge on any atom is -0.394 e. The number of hydrogen-bond donors (Lipinski definition) is 2. The second kappa shape index (κ2) is 4.89. The van der Waals surface area contributed by atoms with Crippen LogP contribution in [0.5, 0.6) is 0 Å². The van der Waals surface area contributed by atoms with Crippen LogP contribution in [0.3, 0.4) is 0 Å². The van der Waals surface area contributed by atoms with E-state index in [4.69, 9.17) is 10.8 Å². The van der Waals surface area contributed by atoms with Gasteiger partial charge in [0.1, 0.15) is 5.82 Å². The van der Waals surface area contributed by atoms with Crippen molar-refractivity contribution in [3.8, 4) is 11.3 Å². The summed E-state index contributed by atoms with van der Waals surface area (Å²) in [5.41, 5.74) is 8.84. The molecule has 2 aromatic rings. The molecule has 0 aliphatic rings. The van der Waals surface area contributed by atoms with Crippen molar-refractivity contribution in [2.24, 2.45) is 0 Å². The third-order valence-electron chi connectivity index (χ3n) is 2.60. The lowest BCUT2D eigenvalue weighted by Gasteiger charge is -2.03. The number of hydrogen-bond acceptors (Lipinski definition) is 3. The van der Waals surface area contributed by atoms with E-state index < -0.39 is 0 Å². The number of anilines is 1. The van der Waals surface area contributed by atoms with Crippen LogP contribution >= 0.6 is 15.9 Å². The van der Waals surface area contributed by atoms with E-state index in [0.29, 0.717) is 12.4 Å².